The third kappa shape index (κ3) is 3.55. The van der Waals surface area contributed by atoms with Crippen LogP contribution in [0.4, 0.5) is 5.69 Å². The van der Waals surface area contributed by atoms with Gasteiger partial charge in [-0.25, -0.2) is 0 Å². The summed E-state index contributed by atoms with van der Waals surface area (Å²) in [5, 5.41) is 10.7. The smallest absolute Gasteiger partial charge is 0.258 e. The fraction of sp³-hybridized carbons (Fsp3) is 0.571. The SMILES string of the molecule is O=[N+]([O-])c1cccc(CCC(Br)C2CCCC2)c1. The molecule has 1 aliphatic carbocycles. The monoisotopic (exact) mass is 311 g/mol. The second kappa shape index (κ2) is 6.32. The molecule has 1 fully saturated rings. The maximum atomic E-state index is 10.7. The highest BCUT2D eigenvalue weighted by molar-refractivity contribution is 9.09. The quantitative estimate of drug-likeness (QED) is 0.457. The zero-order valence-electron chi connectivity index (χ0n) is 10.3. The molecule has 3 nitrogen and oxygen atoms in total. The van der Waals surface area contributed by atoms with Crippen LogP contribution in [0.5, 0.6) is 0 Å². The van der Waals surface area contributed by atoms with Crippen LogP contribution in [0.1, 0.15) is 37.7 Å². The van der Waals surface area contributed by atoms with E-state index in [0.717, 1.165) is 24.3 Å². The summed E-state index contributed by atoms with van der Waals surface area (Å²) in [6, 6.07) is 6.98. The lowest BCUT2D eigenvalue weighted by Crippen LogP contribution is -2.11. The standard InChI is InChI=1S/C14H18BrNO2/c15-14(12-5-1-2-6-12)9-8-11-4-3-7-13(10-11)16(17)18/h3-4,7,10,12,14H,1-2,5-6,8-9H2. The topological polar surface area (TPSA) is 43.1 Å². The highest BCUT2D eigenvalue weighted by atomic mass is 79.9. The van der Waals surface area contributed by atoms with Crippen molar-refractivity contribution < 1.29 is 4.92 Å². The highest BCUT2D eigenvalue weighted by Crippen LogP contribution is 2.33. The molecule has 1 atom stereocenters. The molecule has 0 N–H and O–H groups in total. The molecule has 0 saturated heterocycles. The Morgan fingerprint density at radius 2 is 2.11 bits per heavy atom. The van der Waals surface area contributed by atoms with Gasteiger partial charge in [-0.3, -0.25) is 10.1 Å². The van der Waals surface area contributed by atoms with E-state index in [1.54, 1.807) is 18.2 Å². The molecular weight excluding hydrogens is 294 g/mol. The fourth-order valence-corrected chi connectivity index (χ4v) is 3.44. The van der Waals surface area contributed by atoms with Crippen molar-refractivity contribution in [3.05, 3.63) is 39.9 Å². The first-order valence-electron chi connectivity index (χ1n) is 6.54. The minimum atomic E-state index is -0.327. The van der Waals surface area contributed by atoms with Crippen LogP contribution in [0.25, 0.3) is 0 Å². The van der Waals surface area contributed by atoms with Crippen LogP contribution in [0, 0.1) is 16.0 Å². The summed E-state index contributed by atoms with van der Waals surface area (Å²) < 4.78 is 0. The number of non-ortho nitro benzene ring substituents is 1. The number of nitrogens with zero attached hydrogens (tertiary/aromatic N) is 1. The van der Waals surface area contributed by atoms with Crippen LogP contribution >= 0.6 is 15.9 Å². The Balaban J connectivity index is 1.89. The first-order chi connectivity index (χ1) is 8.66. The molecule has 0 spiro atoms. The largest absolute Gasteiger partial charge is 0.269 e. The summed E-state index contributed by atoms with van der Waals surface area (Å²) in [7, 11) is 0. The Kier molecular flexibility index (Phi) is 4.75. The third-order valence-corrected chi connectivity index (χ3v) is 4.95. The summed E-state index contributed by atoms with van der Waals surface area (Å²) in [5.41, 5.74) is 1.26. The van der Waals surface area contributed by atoms with Crippen molar-refractivity contribution in [3.63, 3.8) is 0 Å². The molecule has 2 rings (SSSR count). The minimum absolute atomic E-state index is 0.194. The summed E-state index contributed by atoms with van der Waals surface area (Å²) in [5.74, 6) is 0.795. The average Bonchev–Trinajstić information content (AvgIpc) is 2.90. The number of hydrogen-bond acceptors (Lipinski definition) is 2. The molecule has 0 amide bonds. The zero-order valence-corrected chi connectivity index (χ0v) is 11.9. The molecule has 1 aromatic carbocycles. The van der Waals surface area contributed by atoms with E-state index in [1.165, 1.54) is 25.7 Å². The summed E-state index contributed by atoms with van der Waals surface area (Å²) in [6.07, 6.45) is 7.32. The van der Waals surface area contributed by atoms with E-state index in [9.17, 15) is 10.1 Å². The summed E-state index contributed by atoms with van der Waals surface area (Å²) >= 11 is 3.78. The Hall–Kier alpha value is -0.900. The number of nitro benzene ring substituents is 1. The maximum Gasteiger partial charge on any atom is 0.269 e. The first kappa shape index (κ1) is 13.5. The number of alkyl halides is 1. The van der Waals surface area contributed by atoms with Crippen molar-refractivity contribution >= 4 is 21.6 Å². The van der Waals surface area contributed by atoms with E-state index in [2.05, 4.69) is 15.9 Å². The molecule has 0 bridgehead atoms. The average molecular weight is 312 g/mol. The molecule has 98 valence electrons. The number of hydrogen-bond donors (Lipinski definition) is 0. The number of benzene rings is 1. The Labute approximate surface area is 116 Å². The zero-order chi connectivity index (χ0) is 13.0. The highest BCUT2D eigenvalue weighted by Gasteiger charge is 2.22. The van der Waals surface area contributed by atoms with Crippen LogP contribution in [0.15, 0.2) is 24.3 Å². The van der Waals surface area contributed by atoms with Gasteiger partial charge in [-0.05, 0) is 37.2 Å². The number of nitro groups is 1. The van der Waals surface area contributed by atoms with E-state index in [1.807, 2.05) is 6.07 Å². The molecule has 18 heavy (non-hydrogen) atoms. The van der Waals surface area contributed by atoms with Gasteiger partial charge in [0.2, 0.25) is 0 Å². The molecule has 0 aliphatic heterocycles. The Morgan fingerprint density at radius 1 is 1.39 bits per heavy atom. The normalized spacial score (nSPS) is 17.8. The van der Waals surface area contributed by atoms with E-state index in [0.29, 0.717) is 4.83 Å². The van der Waals surface area contributed by atoms with Gasteiger partial charge in [0.15, 0.2) is 0 Å². The van der Waals surface area contributed by atoms with Crippen molar-refractivity contribution in [1.82, 2.24) is 0 Å². The molecule has 1 aromatic rings. The van der Waals surface area contributed by atoms with Crippen LogP contribution in [-0.4, -0.2) is 9.75 Å². The van der Waals surface area contributed by atoms with Gasteiger partial charge in [-0.1, -0.05) is 40.9 Å². The number of rotatable bonds is 5. The summed E-state index contributed by atoms with van der Waals surface area (Å²) in [6.45, 7) is 0. The third-order valence-electron chi connectivity index (χ3n) is 3.74. The second-order valence-corrected chi connectivity index (χ2v) is 6.20. The van der Waals surface area contributed by atoms with Gasteiger partial charge >= 0.3 is 0 Å². The number of halogens is 1. The van der Waals surface area contributed by atoms with E-state index < -0.39 is 0 Å². The van der Waals surface area contributed by atoms with Gasteiger partial charge in [0, 0.05) is 17.0 Å². The molecule has 1 unspecified atom stereocenters. The van der Waals surface area contributed by atoms with Gasteiger partial charge in [0.1, 0.15) is 0 Å². The van der Waals surface area contributed by atoms with E-state index in [-0.39, 0.29) is 10.6 Å². The predicted molar refractivity (Wildman–Crippen MR) is 76.1 cm³/mol. The lowest BCUT2D eigenvalue weighted by atomic mass is 9.98. The van der Waals surface area contributed by atoms with Gasteiger partial charge in [0.05, 0.1) is 4.92 Å². The predicted octanol–water partition coefficient (Wildman–Crippen LogP) is 4.48. The van der Waals surface area contributed by atoms with Crippen molar-refractivity contribution in [3.8, 4) is 0 Å². The summed E-state index contributed by atoms with van der Waals surface area (Å²) in [4.78, 5) is 10.9. The van der Waals surface area contributed by atoms with Crippen LogP contribution < -0.4 is 0 Å². The van der Waals surface area contributed by atoms with Crippen LogP contribution in [0.2, 0.25) is 0 Å². The van der Waals surface area contributed by atoms with Gasteiger partial charge in [-0.2, -0.15) is 0 Å². The second-order valence-electron chi connectivity index (χ2n) is 5.03. The molecule has 4 heteroatoms. The van der Waals surface area contributed by atoms with Crippen LogP contribution in [-0.2, 0) is 6.42 Å². The molecular formula is C14H18BrNO2. The molecule has 0 aromatic heterocycles. The molecule has 1 saturated carbocycles. The lowest BCUT2D eigenvalue weighted by Gasteiger charge is -2.16. The molecule has 0 heterocycles. The Bertz CT molecular complexity index is 416. The van der Waals surface area contributed by atoms with Crippen molar-refractivity contribution in [2.75, 3.05) is 0 Å². The minimum Gasteiger partial charge on any atom is -0.258 e. The number of aryl methyl sites for hydroxylation is 1. The van der Waals surface area contributed by atoms with E-state index in [4.69, 9.17) is 0 Å². The van der Waals surface area contributed by atoms with Crippen molar-refractivity contribution in [2.24, 2.45) is 5.92 Å². The van der Waals surface area contributed by atoms with Crippen molar-refractivity contribution in [1.29, 1.82) is 0 Å². The lowest BCUT2D eigenvalue weighted by molar-refractivity contribution is -0.384. The van der Waals surface area contributed by atoms with E-state index >= 15 is 0 Å². The molecule has 0 radical (unpaired) electrons. The maximum absolute atomic E-state index is 10.7. The first-order valence-corrected chi connectivity index (χ1v) is 7.46. The molecule has 1 aliphatic rings. The van der Waals surface area contributed by atoms with Crippen LogP contribution in [0.3, 0.4) is 0 Å². The van der Waals surface area contributed by atoms with Gasteiger partial charge in [-0.15, -0.1) is 0 Å². The fourth-order valence-electron chi connectivity index (χ4n) is 2.68. The van der Waals surface area contributed by atoms with Gasteiger partial charge in [0.25, 0.3) is 5.69 Å². The Morgan fingerprint density at radius 3 is 2.78 bits per heavy atom. The van der Waals surface area contributed by atoms with Gasteiger partial charge < -0.3 is 0 Å². The van der Waals surface area contributed by atoms with Crippen molar-refractivity contribution in [2.45, 2.75) is 43.4 Å².